The Bertz CT molecular complexity index is 323. The van der Waals surface area contributed by atoms with Crippen LogP contribution in [0.25, 0.3) is 0 Å². The minimum Gasteiger partial charge on any atom is -0.373 e. The molecule has 0 N–H and O–H groups in total. The van der Waals surface area contributed by atoms with Crippen LogP contribution in [0.3, 0.4) is 0 Å². The Labute approximate surface area is 98.1 Å². The summed E-state index contributed by atoms with van der Waals surface area (Å²) in [6.07, 6.45) is 8.62. The van der Waals surface area contributed by atoms with Gasteiger partial charge in [-0.3, -0.25) is 0 Å². The van der Waals surface area contributed by atoms with Crippen molar-refractivity contribution >= 4 is 0 Å². The molecule has 0 radical (unpaired) electrons. The van der Waals surface area contributed by atoms with Gasteiger partial charge >= 0.3 is 0 Å². The van der Waals surface area contributed by atoms with Crippen molar-refractivity contribution in [1.29, 1.82) is 0 Å². The van der Waals surface area contributed by atoms with Crippen LogP contribution in [0.1, 0.15) is 31.7 Å². The molecule has 0 bridgehead atoms. The van der Waals surface area contributed by atoms with E-state index in [9.17, 15) is 0 Å². The second kappa shape index (κ2) is 5.86. The van der Waals surface area contributed by atoms with Gasteiger partial charge in [0.25, 0.3) is 0 Å². The SMILES string of the molecule is CC/C=C/[C@H]1C[C@@H](OCc2ccccc2)C1. The number of hydrogen-bond donors (Lipinski definition) is 0. The third-order valence-electron chi connectivity index (χ3n) is 3.10. The molecule has 1 aromatic rings. The minimum atomic E-state index is 0.478. The summed E-state index contributed by atoms with van der Waals surface area (Å²) in [6, 6.07) is 10.4. The van der Waals surface area contributed by atoms with Gasteiger partial charge in [0.1, 0.15) is 0 Å². The topological polar surface area (TPSA) is 9.23 Å². The number of rotatable bonds is 5. The lowest BCUT2D eigenvalue weighted by atomic mass is 9.82. The van der Waals surface area contributed by atoms with Gasteiger partial charge in [-0.1, -0.05) is 49.4 Å². The lowest BCUT2D eigenvalue weighted by molar-refractivity contribution is -0.0283. The van der Waals surface area contributed by atoms with Gasteiger partial charge in [-0.25, -0.2) is 0 Å². The van der Waals surface area contributed by atoms with E-state index in [1.165, 1.54) is 18.4 Å². The number of ether oxygens (including phenoxy) is 1. The van der Waals surface area contributed by atoms with Crippen molar-refractivity contribution < 1.29 is 4.74 Å². The summed E-state index contributed by atoms with van der Waals surface area (Å²) in [7, 11) is 0. The molecule has 0 aliphatic heterocycles. The smallest absolute Gasteiger partial charge is 0.0720 e. The van der Waals surface area contributed by atoms with Crippen LogP contribution in [-0.2, 0) is 11.3 Å². The molecule has 1 aromatic carbocycles. The fourth-order valence-electron chi connectivity index (χ4n) is 2.02. The third kappa shape index (κ3) is 3.21. The van der Waals surface area contributed by atoms with Crippen LogP contribution in [-0.4, -0.2) is 6.10 Å². The molecule has 0 unspecified atom stereocenters. The number of hydrogen-bond acceptors (Lipinski definition) is 1. The molecule has 1 saturated carbocycles. The highest BCUT2D eigenvalue weighted by molar-refractivity contribution is 5.13. The van der Waals surface area contributed by atoms with E-state index in [0.717, 1.165) is 18.9 Å². The Morgan fingerprint density at radius 2 is 2.00 bits per heavy atom. The highest BCUT2D eigenvalue weighted by Gasteiger charge is 2.27. The average molecular weight is 216 g/mol. The molecule has 0 heterocycles. The number of allylic oxidation sites excluding steroid dienone is 2. The van der Waals surface area contributed by atoms with Gasteiger partial charge in [0, 0.05) is 0 Å². The van der Waals surface area contributed by atoms with Gasteiger partial charge in [0.15, 0.2) is 0 Å². The zero-order valence-corrected chi connectivity index (χ0v) is 9.93. The van der Waals surface area contributed by atoms with Gasteiger partial charge in [-0.2, -0.15) is 0 Å². The van der Waals surface area contributed by atoms with Crippen molar-refractivity contribution in [3.63, 3.8) is 0 Å². The molecule has 1 heteroatoms. The van der Waals surface area contributed by atoms with Crippen molar-refractivity contribution in [3.8, 4) is 0 Å². The molecule has 86 valence electrons. The van der Waals surface area contributed by atoms with Crippen molar-refractivity contribution in [2.45, 2.75) is 38.9 Å². The Hall–Kier alpha value is -1.08. The zero-order valence-electron chi connectivity index (χ0n) is 9.93. The summed E-state index contributed by atoms with van der Waals surface area (Å²) in [6.45, 7) is 2.94. The lowest BCUT2D eigenvalue weighted by Crippen LogP contribution is -2.29. The van der Waals surface area contributed by atoms with Gasteiger partial charge in [-0.05, 0) is 30.7 Å². The molecule has 0 amide bonds. The Morgan fingerprint density at radius 3 is 2.69 bits per heavy atom. The standard InChI is InChI=1S/C15H20O/c1-2-3-7-14-10-15(11-14)16-12-13-8-5-4-6-9-13/h3-9,14-15H,2,10-12H2,1H3/b7-3+/t14-,15+. The fraction of sp³-hybridized carbons (Fsp3) is 0.467. The number of benzene rings is 1. The average Bonchev–Trinajstić information content (AvgIpc) is 2.28. The Kier molecular flexibility index (Phi) is 4.17. The summed E-state index contributed by atoms with van der Waals surface area (Å²) in [5.41, 5.74) is 1.27. The van der Waals surface area contributed by atoms with E-state index in [-0.39, 0.29) is 0 Å². The molecule has 1 aliphatic carbocycles. The van der Waals surface area contributed by atoms with E-state index >= 15 is 0 Å². The van der Waals surface area contributed by atoms with E-state index in [0.29, 0.717) is 6.10 Å². The molecule has 0 atom stereocenters. The molecule has 1 aliphatic rings. The molecule has 1 fully saturated rings. The summed E-state index contributed by atoms with van der Waals surface area (Å²) in [4.78, 5) is 0. The first-order valence-electron chi connectivity index (χ1n) is 6.20. The maximum absolute atomic E-state index is 5.84. The van der Waals surface area contributed by atoms with E-state index in [2.05, 4.69) is 43.3 Å². The lowest BCUT2D eigenvalue weighted by Gasteiger charge is -2.33. The van der Waals surface area contributed by atoms with E-state index in [1.54, 1.807) is 0 Å². The highest BCUT2D eigenvalue weighted by Crippen LogP contribution is 2.31. The van der Waals surface area contributed by atoms with Crippen molar-refractivity contribution in [2.24, 2.45) is 5.92 Å². The van der Waals surface area contributed by atoms with E-state index in [4.69, 9.17) is 4.74 Å². The van der Waals surface area contributed by atoms with Crippen LogP contribution < -0.4 is 0 Å². The monoisotopic (exact) mass is 216 g/mol. The first-order chi connectivity index (χ1) is 7.88. The van der Waals surface area contributed by atoms with Crippen molar-refractivity contribution in [1.82, 2.24) is 0 Å². The minimum absolute atomic E-state index is 0.478. The second-order valence-electron chi connectivity index (χ2n) is 4.49. The van der Waals surface area contributed by atoms with Crippen LogP contribution in [0.15, 0.2) is 42.5 Å². The first kappa shape index (κ1) is 11.4. The van der Waals surface area contributed by atoms with Crippen LogP contribution in [0, 0.1) is 5.92 Å². The van der Waals surface area contributed by atoms with E-state index < -0.39 is 0 Å². The van der Waals surface area contributed by atoms with Gasteiger partial charge < -0.3 is 4.74 Å². The maximum atomic E-state index is 5.84. The summed E-state index contributed by atoms with van der Waals surface area (Å²) < 4.78 is 5.84. The van der Waals surface area contributed by atoms with E-state index in [1.807, 2.05) is 6.07 Å². The molecular weight excluding hydrogens is 196 g/mol. The maximum Gasteiger partial charge on any atom is 0.0720 e. The quantitative estimate of drug-likeness (QED) is 0.677. The van der Waals surface area contributed by atoms with Gasteiger partial charge in [-0.15, -0.1) is 0 Å². The second-order valence-corrected chi connectivity index (χ2v) is 4.49. The zero-order chi connectivity index (χ0) is 11.2. The molecule has 16 heavy (non-hydrogen) atoms. The predicted octanol–water partition coefficient (Wildman–Crippen LogP) is 3.95. The molecule has 2 rings (SSSR count). The summed E-state index contributed by atoms with van der Waals surface area (Å²) in [5, 5.41) is 0. The Morgan fingerprint density at radius 1 is 1.25 bits per heavy atom. The highest BCUT2D eigenvalue weighted by atomic mass is 16.5. The Balaban J connectivity index is 1.65. The predicted molar refractivity (Wildman–Crippen MR) is 67.2 cm³/mol. The third-order valence-corrected chi connectivity index (χ3v) is 3.10. The molecule has 0 spiro atoms. The van der Waals surface area contributed by atoms with Gasteiger partial charge in [0.05, 0.1) is 12.7 Å². The normalized spacial score (nSPS) is 24.6. The molecule has 0 saturated heterocycles. The summed E-state index contributed by atoms with van der Waals surface area (Å²) in [5.74, 6) is 0.765. The van der Waals surface area contributed by atoms with Crippen LogP contribution in [0.5, 0.6) is 0 Å². The largest absolute Gasteiger partial charge is 0.373 e. The van der Waals surface area contributed by atoms with Gasteiger partial charge in [0.2, 0.25) is 0 Å². The van der Waals surface area contributed by atoms with Crippen LogP contribution in [0.2, 0.25) is 0 Å². The van der Waals surface area contributed by atoms with Crippen LogP contribution in [0.4, 0.5) is 0 Å². The molecule has 1 nitrogen and oxygen atoms in total. The first-order valence-corrected chi connectivity index (χ1v) is 6.20. The molecular formula is C15H20O. The summed E-state index contributed by atoms with van der Waals surface area (Å²) >= 11 is 0. The fourth-order valence-corrected chi connectivity index (χ4v) is 2.02. The molecule has 0 aromatic heterocycles. The van der Waals surface area contributed by atoms with Crippen molar-refractivity contribution in [2.75, 3.05) is 0 Å². The van der Waals surface area contributed by atoms with Crippen molar-refractivity contribution in [3.05, 3.63) is 48.0 Å². The van der Waals surface area contributed by atoms with Crippen LogP contribution >= 0.6 is 0 Å².